The first kappa shape index (κ1) is 32.1. The van der Waals surface area contributed by atoms with Gasteiger partial charge in [0, 0.05) is 73.3 Å². The maximum atomic E-state index is 2.43. The van der Waals surface area contributed by atoms with Crippen LogP contribution in [0.1, 0.15) is 0 Å². The zero-order chi connectivity index (χ0) is 37.9. The smallest absolute Gasteiger partial charge is 0.0541 e. The Labute approximate surface area is 341 Å². The van der Waals surface area contributed by atoms with Crippen molar-refractivity contribution < 1.29 is 0 Å². The van der Waals surface area contributed by atoms with E-state index in [4.69, 9.17) is 0 Å². The molecule has 0 aliphatic heterocycles. The van der Waals surface area contributed by atoms with Gasteiger partial charge in [-0.15, -0.1) is 22.7 Å². The molecule has 13 rings (SSSR count). The molecule has 0 saturated carbocycles. The Balaban J connectivity index is 0.951. The van der Waals surface area contributed by atoms with Crippen LogP contribution in [0.3, 0.4) is 0 Å². The summed E-state index contributed by atoms with van der Waals surface area (Å²) in [4.78, 5) is 0. The van der Waals surface area contributed by atoms with Gasteiger partial charge in [0.15, 0.2) is 0 Å². The third kappa shape index (κ3) is 4.70. The van der Waals surface area contributed by atoms with Crippen LogP contribution in [0.2, 0.25) is 0 Å². The Morgan fingerprint density at radius 1 is 0.241 bits per heavy atom. The first-order chi connectivity index (χ1) is 28.7. The van der Waals surface area contributed by atoms with E-state index in [1.807, 2.05) is 22.7 Å². The predicted molar refractivity (Wildman–Crippen MR) is 252 cm³/mol. The molecule has 0 bridgehead atoms. The summed E-state index contributed by atoms with van der Waals surface area (Å²) >= 11 is 3.73. The number of thiophene rings is 2. The van der Waals surface area contributed by atoms with Crippen LogP contribution in [0.4, 0.5) is 0 Å². The van der Waals surface area contributed by atoms with Gasteiger partial charge in [-0.1, -0.05) is 103 Å². The van der Waals surface area contributed by atoms with Crippen molar-refractivity contribution in [1.29, 1.82) is 0 Å². The summed E-state index contributed by atoms with van der Waals surface area (Å²) in [6.07, 6.45) is 0. The molecule has 4 heteroatoms. The van der Waals surface area contributed by atoms with E-state index in [0.29, 0.717) is 0 Å². The van der Waals surface area contributed by atoms with E-state index >= 15 is 0 Å². The summed E-state index contributed by atoms with van der Waals surface area (Å²) < 4.78 is 10.2. The number of hydrogen-bond acceptors (Lipinski definition) is 2. The summed E-state index contributed by atoms with van der Waals surface area (Å²) in [6.45, 7) is 0. The first-order valence-corrected chi connectivity index (χ1v) is 21.4. The number of aromatic nitrogens is 2. The summed E-state index contributed by atoms with van der Waals surface area (Å²) in [5.74, 6) is 0. The van der Waals surface area contributed by atoms with Crippen LogP contribution in [0.25, 0.3) is 118 Å². The minimum atomic E-state index is 1.14. The van der Waals surface area contributed by atoms with E-state index < -0.39 is 0 Å². The average molecular weight is 773 g/mol. The molecule has 0 amide bonds. The largest absolute Gasteiger partial charge is 0.309 e. The molecule has 0 fully saturated rings. The monoisotopic (exact) mass is 772 g/mol. The quantitative estimate of drug-likeness (QED) is 0.169. The summed E-state index contributed by atoms with van der Waals surface area (Å²) in [7, 11) is 0. The van der Waals surface area contributed by atoms with Gasteiger partial charge < -0.3 is 9.13 Å². The summed E-state index contributed by atoms with van der Waals surface area (Å²) in [5, 5.41) is 10.3. The molecule has 0 spiro atoms. The fraction of sp³-hybridized carbons (Fsp3) is 0. The summed E-state index contributed by atoms with van der Waals surface area (Å²) in [6, 6.07) is 72.0. The Bertz CT molecular complexity index is 3570. The molecule has 0 N–H and O–H groups in total. The topological polar surface area (TPSA) is 9.86 Å². The Kier molecular flexibility index (Phi) is 6.79. The zero-order valence-electron chi connectivity index (χ0n) is 31.2. The Hall–Kier alpha value is -6.98. The van der Waals surface area contributed by atoms with E-state index in [0.717, 1.165) is 11.4 Å². The van der Waals surface area contributed by atoms with Gasteiger partial charge >= 0.3 is 0 Å². The highest BCUT2D eigenvalue weighted by atomic mass is 32.1. The van der Waals surface area contributed by atoms with E-state index in [1.165, 1.54) is 106 Å². The maximum absolute atomic E-state index is 2.43. The minimum absolute atomic E-state index is 1.14. The highest BCUT2D eigenvalue weighted by Crippen LogP contribution is 2.41. The lowest BCUT2D eigenvalue weighted by Crippen LogP contribution is -1.98. The molecule has 0 aliphatic rings. The van der Waals surface area contributed by atoms with E-state index in [-0.39, 0.29) is 0 Å². The molecule has 9 aromatic carbocycles. The molecule has 0 saturated heterocycles. The normalized spacial score (nSPS) is 12.1. The van der Waals surface area contributed by atoms with Gasteiger partial charge in [-0.05, 0) is 113 Å². The number of nitrogens with zero attached hydrogens (tertiary/aromatic N) is 2. The lowest BCUT2D eigenvalue weighted by Gasteiger charge is -2.13. The van der Waals surface area contributed by atoms with Crippen molar-refractivity contribution in [3.8, 4) is 33.6 Å². The molecule has 4 aromatic heterocycles. The Morgan fingerprint density at radius 2 is 0.603 bits per heavy atom. The average Bonchev–Trinajstić information content (AvgIpc) is 4.03. The van der Waals surface area contributed by atoms with Gasteiger partial charge in [0.25, 0.3) is 0 Å². The molecule has 0 radical (unpaired) electrons. The molecule has 2 nitrogen and oxygen atoms in total. The zero-order valence-corrected chi connectivity index (χ0v) is 32.8. The number of para-hydroxylation sites is 2. The number of benzene rings is 9. The van der Waals surface area contributed by atoms with Crippen LogP contribution in [0.15, 0.2) is 194 Å². The van der Waals surface area contributed by atoms with Crippen LogP contribution < -0.4 is 0 Å². The van der Waals surface area contributed by atoms with Gasteiger partial charge in [0.1, 0.15) is 0 Å². The maximum Gasteiger partial charge on any atom is 0.0541 e. The number of hydrogen-bond donors (Lipinski definition) is 0. The second kappa shape index (κ2) is 12.3. The molecule has 270 valence electrons. The van der Waals surface area contributed by atoms with Crippen molar-refractivity contribution in [2.24, 2.45) is 0 Å². The van der Waals surface area contributed by atoms with E-state index in [2.05, 4.69) is 203 Å². The van der Waals surface area contributed by atoms with Crippen molar-refractivity contribution in [3.63, 3.8) is 0 Å². The lowest BCUT2D eigenvalue weighted by atomic mass is 10.0. The van der Waals surface area contributed by atoms with Gasteiger partial charge in [0.05, 0.1) is 22.1 Å². The van der Waals surface area contributed by atoms with Gasteiger partial charge in [-0.2, -0.15) is 0 Å². The highest BCUT2D eigenvalue weighted by Gasteiger charge is 2.18. The van der Waals surface area contributed by atoms with Gasteiger partial charge in [0.2, 0.25) is 0 Å². The lowest BCUT2D eigenvalue weighted by molar-refractivity contribution is 1.13. The van der Waals surface area contributed by atoms with Crippen LogP contribution in [0.5, 0.6) is 0 Å². The molecule has 0 aliphatic carbocycles. The number of rotatable bonds is 4. The van der Waals surface area contributed by atoms with E-state index in [9.17, 15) is 0 Å². The highest BCUT2D eigenvalue weighted by molar-refractivity contribution is 7.26. The van der Waals surface area contributed by atoms with Gasteiger partial charge in [-0.25, -0.2) is 0 Å². The molecule has 0 unspecified atom stereocenters. The fourth-order valence-corrected chi connectivity index (χ4v) is 11.6. The van der Waals surface area contributed by atoms with Crippen molar-refractivity contribution in [3.05, 3.63) is 194 Å². The third-order valence-electron chi connectivity index (χ3n) is 12.1. The number of fused-ring (bicyclic) bond motifs is 12. The van der Waals surface area contributed by atoms with Crippen molar-refractivity contribution in [2.75, 3.05) is 0 Å². The molecule has 58 heavy (non-hydrogen) atoms. The standard InChI is InChI=1S/C54H32N2S2/c1-5-16-47-39(12-1)43-28-33(35-22-26-53-45(30-35)41-14-3-7-18-51(41)57-53)20-24-49(43)55(47)37-10-9-11-38(32-37)56-48-17-6-2-13-40(48)44-29-34(21-25-50(44)56)36-23-27-54-46(31-36)42-15-4-8-19-52(42)58-54/h1-32H. The van der Waals surface area contributed by atoms with E-state index in [1.54, 1.807) is 0 Å². The molecular weight excluding hydrogens is 741 g/mol. The van der Waals surface area contributed by atoms with Crippen LogP contribution >= 0.6 is 22.7 Å². The first-order valence-electron chi connectivity index (χ1n) is 19.7. The fourth-order valence-electron chi connectivity index (χ4n) is 9.44. The predicted octanol–water partition coefficient (Wildman–Crippen LogP) is 16.0. The SMILES string of the molecule is c1cc(-n2c3ccccc3c3cc(-c4ccc5sc6ccccc6c5c4)ccc32)cc(-n2c3ccccc3c3cc(-c4ccc5sc6ccccc6c5c4)ccc32)c1. The van der Waals surface area contributed by atoms with Crippen LogP contribution in [-0.2, 0) is 0 Å². The minimum Gasteiger partial charge on any atom is -0.309 e. The van der Waals surface area contributed by atoms with Crippen molar-refractivity contribution in [1.82, 2.24) is 9.13 Å². The molecule has 0 atom stereocenters. The second-order valence-electron chi connectivity index (χ2n) is 15.3. The molecule has 4 heterocycles. The van der Waals surface area contributed by atoms with Crippen LogP contribution in [-0.4, -0.2) is 9.13 Å². The third-order valence-corrected chi connectivity index (χ3v) is 14.4. The molecule has 13 aromatic rings. The van der Waals surface area contributed by atoms with Crippen molar-refractivity contribution >= 4 is 107 Å². The molecular formula is C54H32N2S2. The van der Waals surface area contributed by atoms with Gasteiger partial charge in [-0.3, -0.25) is 0 Å². The Morgan fingerprint density at radius 3 is 1.09 bits per heavy atom. The summed E-state index contributed by atoms with van der Waals surface area (Å²) in [5.41, 5.74) is 12.0. The van der Waals surface area contributed by atoms with Crippen LogP contribution in [0, 0.1) is 0 Å². The van der Waals surface area contributed by atoms with Crippen molar-refractivity contribution in [2.45, 2.75) is 0 Å². The second-order valence-corrected chi connectivity index (χ2v) is 17.5.